The van der Waals surface area contributed by atoms with E-state index in [4.69, 9.17) is 0 Å². The Labute approximate surface area is 123 Å². The Morgan fingerprint density at radius 1 is 0.667 bits per heavy atom. The molecule has 0 aliphatic carbocycles. The van der Waals surface area contributed by atoms with Crippen molar-refractivity contribution in [1.29, 1.82) is 0 Å². The fourth-order valence-electron chi connectivity index (χ4n) is 2.53. The van der Waals surface area contributed by atoms with Crippen LogP contribution < -0.4 is 0 Å². The van der Waals surface area contributed by atoms with Gasteiger partial charge in [-0.3, -0.25) is 0 Å². The minimum Gasteiger partial charge on any atom is -0.508 e. The number of phenolic OH excluding ortho intramolecular Hbond substituents is 4. The van der Waals surface area contributed by atoms with Gasteiger partial charge in [-0.2, -0.15) is 0 Å². The Kier molecular flexibility index (Phi) is 3.49. The van der Waals surface area contributed by atoms with Crippen molar-refractivity contribution in [2.24, 2.45) is 0 Å². The van der Waals surface area contributed by atoms with Gasteiger partial charge in [-0.1, -0.05) is 26.0 Å². The zero-order valence-electron chi connectivity index (χ0n) is 12.6. The van der Waals surface area contributed by atoms with Gasteiger partial charge in [0, 0.05) is 27.7 Å². The van der Waals surface area contributed by atoms with Crippen molar-refractivity contribution in [2.75, 3.05) is 0 Å². The van der Waals surface area contributed by atoms with Gasteiger partial charge in [-0.15, -0.1) is 0 Å². The van der Waals surface area contributed by atoms with E-state index < -0.39 is 5.41 Å². The summed E-state index contributed by atoms with van der Waals surface area (Å²) < 4.78 is 0. The quantitative estimate of drug-likeness (QED) is 0.682. The van der Waals surface area contributed by atoms with Crippen LogP contribution in [-0.2, 0) is 5.41 Å². The van der Waals surface area contributed by atoms with Gasteiger partial charge >= 0.3 is 0 Å². The van der Waals surface area contributed by atoms with Crippen molar-refractivity contribution in [3.8, 4) is 23.0 Å². The summed E-state index contributed by atoms with van der Waals surface area (Å²) in [6.45, 7) is 6.99. The van der Waals surface area contributed by atoms with Crippen LogP contribution in [0.25, 0.3) is 0 Å². The molecule has 0 fully saturated rings. The summed E-state index contributed by atoms with van der Waals surface area (Å²) in [5.74, 6) is 0.0616. The van der Waals surface area contributed by atoms with Gasteiger partial charge in [0.25, 0.3) is 0 Å². The number of phenols is 4. The molecule has 2 aromatic carbocycles. The monoisotopic (exact) mass is 288 g/mol. The summed E-state index contributed by atoms with van der Waals surface area (Å²) in [6, 6.07) is 6.32. The van der Waals surface area contributed by atoms with Crippen molar-refractivity contribution < 1.29 is 20.4 Å². The third kappa shape index (κ3) is 2.27. The highest BCUT2D eigenvalue weighted by atomic mass is 16.3. The molecule has 0 aliphatic rings. The first-order chi connectivity index (χ1) is 9.67. The number of benzene rings is 2. The number of hydrogen-bond acceptors (Lipinski definition) is 4. The Morgan fingerprint density at radius 3 is 1.33 bits per heavy atom. The summed E-state index contributed by atoms with van der Waals surface area (Å²) in [5.41, 5.74) is 1.30. The van der Waals surface area contributed by atoms with Crippen LogP contribution in [0.2, 0.25) is 0 Å². The maximum atomic E-state index is 10.3. The molecule has 2 rings (SSSR count). The van der Waals surface area contributed by atoms with Crippen LogP contribution in [0.1, 0.15) is 36.1 Å². The van der Waals surface area contributed by atoms with E-state index >= 15 is 0 Å². The third-order valence-corrected chi connectivity index (χ3v) is 4.15. The van der Waals surface area contributed by atoms with Crippen LogP contribution in [-0.4, -0.2) is 20.4 Å². The van der Waals surface area contributed by atoms with Gasteiger partial charge in [-0.25, -0.2) is 0 Å². The lowest BCUT2D eigenvalue weighted by Gasteiger charge is -2.29. The zero-order chi connectivity index (χ0) is 15.9. The van der Waals surface area contributed by atoms with Crippen molar-refractivity contribution >= 4 is 0 Å². The second-order valence-corrected chi connectivity index (χ2v) is 5.84. The normalized spacial score (nSPS) is 11.6. The molecule has 0 aliphatic heterocycles. The zero-order valence-corrected chi connectivity index (χ0v) is 12.6. The second-order valence-electron chi connectivity index (χ2n) is 5.84. The van der Waals surface area contributed by atoms with Gasteiger partial charge in [-0.05, 0) is 26.0 Å². The molecule has 4 N–H and O–H groups in total. The van der Waals surface area contributed by atoms with Gasteiger partial charge in [0.1, 0.15) is 23.0 Å². The first-order valence-corrected chi connectivity index (χ1v) is 6.72. The number of hydrogen-bond donors (Lipinski definition) is 4. The summed E-state index contributed by atoms with van der Waals surface area (Å²) in [4.78, 5) is 0. The standard InChI is InChI=1S/C17H20O4/c1-9-13(18)7-5-11(15(9)20)17(3,4)12-6-8-14(19)10(2)16(12)21/h5-8,18-21H,1-4H3. The molecular weight excluding hydrogens is 268 g/mol. The maximum absolute atomic E-state index is 10.3. The molecule has 0 spiro atoms. The Hall–Kier alpha value is -2.36. The van der Waals surface area contributed by atoms with E-state index in [0.717, 1.165) is 0 Å². The largest absolute Gasteiger partial charge is 0.508 e. The molecule has 0 unspecified atom stereocenters. The predicted molar refractivity (Wildman–Crippen MR) is 81.1 cm³/mol. The highest BCUT2D eigenvalue weighted by molar-refractivity contribution is 5.58. The molecule has 0 bridgehead atoms. The fraction of sp³-hybridized carbons (Fsp3) is 0.294. The Bertz CT molecular complexity index is 643. The fourth-order valence-corrected chi connectivity index (χ4v) is 2.53. The smallest absolute Gasteiger partial charge is 0.126 e. The highest BCUT2D eigenvalue weighted by Crippen LogP contribution is 2.45. The average molecular weight is 288 g/mol. The van der Waals surface area contributed by atoms with Crippen LogP contribution in [0.4, 0.5) is 0 Å². The minimum atomic E-state index is -0.689. The molecule has 2 aromatic rings. The molecule has 0 heterocycles. The summed E-state index contributed by atoms with van der Waals surface area (Å²) >= 11 is 0. The molecule has 4 nitrogen and oxygen atoms in total. The molecule has 0 atom stereocenters. The maximum Gasteiger partial charge on any atom is 0.126 e. The van der Waals surface area contributed by atoms with Gasteiger partial charge < -0.3 is 20.4 Å². The molecule has 0 radical (unpaired) electrons. The molecule has 0 amide bonds. The lowest BCUT2D eigenvalue weighted by molar-refractivity contribution is 0.416. The Morgan fingerprint density at radius 2 is 1.00 bits per heavy atom. The summed E-state index contributed by atoms with van der Waals surface area (Å²) in [5, 5.41) is 39.9. The van der Waals surface area contributed by atoms with Crippen molar-refractivity contribution in [3.63, 3.8) is 0 Å². The molecule has 4 heteroatoms. The van der Waals surface area contributed by atoms with Crippen LogP contribution >= 0.6 is 0 Å². The minimum absolute atomic E-state index is 0.00475. The van der Waals surface area contributed by atoms with Crippen LogP contribution in [0.15, 0.2) is 24.3 Å². The summed E-state index contributed by atoms with van der Waals surface area (Å²) in [7, 11) is 0. The van der Waals surface area contributed by atoms with Crippen LogP contribution in [0, 0.1) is 13.8 Å². The van der Waals surface area contributed by atoms with E-state index in [2.05, 4.69) is 0 Å². The van der Waals surface area contributed by atoms with E-state index in [1.165, 1.54) is 12.1 Å². The van der Waals surface area contributed by atoms with Gasteiger partial charge in [0.15, 0.2) is 0 Å². The number of aromatic hydroxyl groups is 4. The average Bonchev–Trinajstić information content (AvgIpc) is 2.41. The molecule has 0 saturated carbocycles. The molecule has 0 aromatic heterocycles. The van der Waals surface area contributed by atoms with E-state index in [-0.39, 0.29) is 23.0 Å². The van der Waals surface area contributed by atoms with E-state index in [1.807, 2.05) is 13.8 Å². The van der Waals surface area contributed by atoms with Crippen molar-refractivity contribution in [2.45, 2.75) is 33.1 Å². The third-order valence-electron chi connectivity index (χ3n) is 4.15. The van der Waals surface area contributed by atoms with Crippen LogP contribution in [0.3, 0.4) is 0 Å². The predicted octanol–water partition coefficient (Wildman–Crippen LogP) is 3.45. The number of rotatable bonds is 2. The SMILES string of the molecule is Cc1c(O)ccc(C(C)(C)c2ccc(O)c(C)c2O)c1O. The topological polar surface area (TPSA) is 80.9 Å². The van der Waals surface area contributed by atoms with Crippen molar-refractivity contribution in [1.82, 2.24) is 0 Å². The van der Waals surface area contributed by atoms with E-state index in [0.29, 0.717) is 22.3 Å². The Balaban J connectivity index is 2.68. The lowest BCUT2D eigenvalue weighted by atomic mass is 9.76. The lowest BCUT2D eigenvalue weighted by Crippen LogP contribution is -2.20. The highest BCUT2D eigenvalue weighted by Gasteiger charge is 2.31. The van der Waals surface area contributed by atoms with Gasteiger partial charge in [0.2, 0.25) is 0 Å². The first kappa shape index (κ1) is 15.0. The van der Waals surface area contributed by atoms with E-state index in [9.17, 15) is 20.4 Å². The van der Waals surface area contributed by atoms with E-state index in [1.54, 1.807) is 26.0 Å². The second kappa shape index (κ2) is 4.88. The molecule has 21 heavy (non-hydrogen) atoms. The van der Waals surface area contributed by atoms with Crippen LogP contribution in [0.5, 0.6) is 23.0 Å². The molecule has 0 saturated heterocycles. The van der Waals surface area contributed by atoms with Gasteiger partial charge in [0.05, 0.1) is 0 Å². The van der Waals surface area contributed by atoms with Crippen molar-refractivity contribution in [3.05, 3.63) is 46.5 Å². The first-order valence-electron chi connectivity index (χ1n) is 6.72. The molecular formula is C17H20O4. The summed E-state index contributed by atoms with van der Waals surface area (Å²) in [6.07, 6.45) is 0. The molecule has 112 valence electrons.